The molecule has 1 aromatic carbocycles. The molecule has 0 bridgehead atoms. The summed E-state index contributed by atoms with van der Waals surface area (Å²) in [5.41, 5.74) is 0.0716. The Morgan fingerprint density at radius 3 is 2.57 bits per heavy atom. The van der Waals surface area contributed by atoms with Gasteiger partial charge in [0.15, 0.2) is 15.0 Å². The van der Waals surface area contributed by atoms with Crippen LogP contribution in [0.25, 0.3) is 0 Å². The number of sulfone groups is 1. The average Bonchev–Trinajstić information content (AvgIpc) is 2.79. The number of thioether (sulfide) groups is 1. The van der Waals surface area contributed by atoms with E-state index in [0.29, 0.717) is 10.7 Å². The lowest BCUT2D eigenvalue weighted by atomic mass is 10.2. The zero-order valence-corrected chi connectivity index (χ0v) is 12.7. The standard InChI is InChI=1S/C12H12N4O3S2/c1-16-11(17)14-15-12(16)20-6-7-21(18,19)10-4-2-9(8-13)3-5-10/h2-5H,6-7H2,1H3,(H,14,17). The third kappa shape index (κ3) is 3.53. The molecule has 1 aromatic heterocycles. The number of nitrogens with zero attached hydrogens (tertiary/aromatic N) is 3. The number of hydrogen-bond donors (Lipinski definition) is 1. The second-order valence-electron chi connectivity index (χ2n) is 4.17. The Morgan fingerprint density at radius 2 is 2.05 bits per heavy atom. The number of rotatable bonds is 5. The zero-order valence-electron chi connectivity index (χ0n) is 11.1. The monoisotopic (exact) mass is 324 g/mol. The normalized spacial score (nSPS) is 11.2. The fourth-order valence-electron chi connectivity index (χ4n) is 1.56. The first kappa shape index (κ1) is 15.3. The fourth-order valence-corrected chi connectivity index (χ4v) is 4.13. The van der Waals surface area contributed by atoms with Gasteiger partial charge in [0.2, 0.25) is 0 Å². The van der Waals surface area contributed by atoms with Crippen molar-refractivity contribution in [1.82, 2.24) is 14.8 Å². The molecule has 0 aliphatic carbocycles. The molecule has 9 heteroatoms. The van der Waals surface area contributed by atoms with Gasteiger partial charge in [0.25, 0.3) is 0 Å². The number of hydrogen-bond acceptors (Lipinski definition) is 6. The van der Waals surface area contributed by atoms with Crippen LogP contribution in [0.3, 0.4) is 0 Å². The average molecular weight is 324 g/mol. The number of aromatic amines is 1. The molecule has 0 radical (unpaired) electrons. The van der Waals surface area contributed by atoms with E-state index >= 15 is 0 Å². The molecule has 21 heavy (non-hydrogen) atoms. The van der Waals surface area contributed by atoms with Gasteiger partial charge >= 0.3 is 5.69 Å². The third-order valence-electron chi connectivity index (χ3n) is 2.76. The highest BCUT2D eigenvalue weighted by Crippen LogP contribution is 2.17. The maximum atomic E-state index is 12.1. The molecule has 2 rings (SSSR count). The van der Waals surface area contributed by atoms with E-state index in [9.17, 15) is 13.2 Å². The van der Waals surface area contributed by atoms with Crippen LogP contribution in [-0.4, -0.2) is 34.7 Å². The molecule has 0 saturated carbocycles. The summed E-state index contributed by atoms with van der Waals surface area (Å²) in [5, 5.41) is 15.2. The van der Waals surface area contributed by atoms with Gasteiger partial charge in [-0.3, -0.25) is 4.57 Å². The van der Waals surface area contributed by atoms with Crippen LogP contribution in [0.15, 0.2) is 39.1 Å². The van der Waals surface area contributed by atoms with Gasteiger partial charge in [-0.05, 0) is 24.3 Å². The second-order valence-corrected chi connectivity index (χ2v) is 7.35. The maximum Gasteiger partial charge on any atom is 0.343 e. The van der Waals surface area contributed by atoms with Crippen LogP contribution in [0.1, 0.15) is 5.56 Å². The van der Waals surface area contributed by atoms with Crippen molar-refractivity contribution in [3.05, 3.63) is 40.3 Å². The Morgan fingerprint density at radius 1 is 1.38 bits per heavy atom. The molecule has 2 aromatic rings. The fraction of sp³-hybridized carbons (Fsp3) is 0.250. The van der Waals surface area contributed by atoms with E-state index in [1.807, 2.05) is 6.07 Å². The maximum absolute atomic E-state index is 12.1. The van der Waals surface area contributed by atoms with Gasteiger partial charge in [0.1, 0.15) is 0 Å². The highest BCUT2D eigenvalue weighted by Gasteiger charge is 2.15. The van der Waals surface area contributed by atoms with E-state index in [1.54, 1.807) is 7.05 Å². The Balaban J connectivity index is 2.03. The van der Waals surface area contributed by atoms with Crippen molar-refractivity contribution in [2.24, 2.45) is 7.05 Å². The third-order valence-corrected chi connectivity index (χ3v) is 5.79. The lowest BCUT2D eigenvalue weighted by Gasteiger charge is -2.04. The summed E-state index contributed by atoms with van der Waals surface area (Å²) in [4.78, 5) is 11.3. The van der Waals surface area contributed by atoms with E-state index in [4.69, 9.17) is 5.26 Å². The summed E-state index contributed by atoms with van der Waals surface area (Å²) in [5.74, 6) is 0.199. The predicted octanol–water partition coefficient (Wildman–Crippen LogP) is 0.546. The van der Waals surface area contributed by atoms with Crippen molar-refractivity contribution in [3.8, 4) is 6.07 Å². The Kier molecular flexibility index (Phi) is 4.50. The molecule has 0 unspecified atom stereocenters. The van der Waals surface area contributed by atoms with Crippen LogP contribution in [0, 0.1) is 11.3 Å². The quantitative estimate of drug-likeness (QED) is 0.804. The number of nitrogens with one attached hydrogen (secondary N) is 1. The van der Waals surface area contributed by atoms with Crippen molar-refractivity contribution >= 4 is 21.6 Å². The minimum Gasteiger partial charge on any atom is -0.273 e. The molecule has 1 heterocycles. The summed E-state index contributed by atoms with van der Waals surface area (Å²) in [6, 6.07) is 7.71. The number of aromatic nitrogens is 3. The van der Waals surface area contributed by atoms with Crippen LogP contribution in [-0.2, 0) is 16.9 Å². The Labute approximate surface area is 125 Å². The van der Waals surface area contributed by atoms with Crippen molar-refractivity contribution in [2.45, 2.75) is 10.1 Å². The van der Waals surface area contributed by atoms with Crippen molar-refractivity contribution in [3.63, 3.8) is 0 Å². The van der Waals surface area contributed by atoms with Gasteiger partial charge in [-0.2, -0.15) is 5.26 Å². The highest BCUT2D eigenvalue weighted by molar-refractivity contribution is 8.00. The molecule has 0 atom stereocenters. The first-order valence-electron chi connectivity index (χ1n) is 5.91. The van der Waals surface area contributed by atoms with Crippen molar-refractivity contribution < 1.29 is 8.42 Å². The van der Waals surface area contributed by atoms with E-state index < -0.39 is 9.84 Å². The van der Waals surface area contributed by atoms with E-state index in [2.05, 4.69) is 10.2 Å². The van der Waals surface area contributed by atoms with Gasteiger partial charge in [0, 0.05) is 12.8 Å². The van der Waals surface area contributed by atoms with Crippen LogP contribution in [0.4, 0.5) is 0 Å². The number of nitriles is 1. The molecule has 110 valence electrons. The molecule has 0 aliphatic heterocycles. The molecule has 0 saturated heterocycles. The molecular weight excluding hydrogens is 312 g/mol. The first-order chi connectivity index (χ1) is 9.94. The molecule has 0 amide bonds. The van der Waals surface area contributed by atoms with Gasteiger partial charge in [-0.25, -0.2) is 18.3 Å². The highest BCUT2D eigenvalue weighted by atomic mass is 32.2. The van der Waals surface area contributed by atoms with Crippen LogP contribution in [0.2, 0.25) is 0 Å². The number of benzene rings is 1. The summed E-state index contributed by atoms with van der Waals surface area (Å²) < 4.78 is 25.6. The molecule has 7 nitrogen and oxygen atoms in total. The molecular formula is C12H12N4O3S2. The van der Waals surface area contributed by atoms with E-state index in [1.165, 1.54) is 40.6 Å². The van der Waals surface area contributed by atoms with E-state index in [0.717, 1.165) is 0 Å². The Bertz CT molecular complexity index is 829. The smallest absolute Gasteiger partial charge is 0.273 e. The second kappa shape index (κ2) is 6.15. The van der Waals surface area contributed by atoms with Crippen molar-refractivity contribution in [2.75, 3.05) is 11.5 Å². The van der Waals surface area contributed by atoms with E-state index in [-0.39, 0.29) is 22.1 Å². The summed E-state index contributed by atoms with van der Waals surface area (Å²) in [6.45, 7) is 0. The minimum absolute atomic E-state index is 0.0788. The lowest BCUT2D eigenvalue weighted by molar-refractivity contribution is 0.597. The molecule has 0 fully saturated rings. The Hall–Kier alpha value is -2.05. The molecule has 0 aliphatic rings. The minimum atomic E-state index is -3.42. The predicted molar refractivity (Wildman–Crippen MR) is 77.8 cm³/mol. The van der Waals surface area contributed by atoms with Crippen LogP contribution >= 0.6 is 11.8 Å². The topological polar surface area (TPSA) is 109 Å². The van der Waals surface area contributed by atoms with Gasteiger partial charge in [0.05, 0.1) is 22.3 Å². The zero-order chi connectivity index (χ0) is 15.5. The van der Waals surface area contributed by atoms with Crippen LogP contribution in [0.5, 0.6) is 0 Å². The van der Waals surface area contributed by atoms with Gasteiger partial charge < -0.3 is 0 Å². The first-order valence-corrected chi connectivity index (χ1v) is 8.55. The van der Waals surface area contributed by atoms with Gasteiger partial charge in [-0.15, -0.1) is 5.10 Å². The largest absolute Gasteiger partial charge is 0.343 e. The summed E-state index contributed by atoms with van der Waals surface area (Å²) >= 11 is 1.19. The van der Waals surface area contributed by atoms with Crippen LogP contribution < -0.4 is 5.69 Å². The van der Waals surface area contributed by atoms with Crippen molar-refractivity contribution in [1.29, 1.82) is 5.26 Å². The SMILES string of the molecule is Cn1c(SCCS(=O)(=O)c2ccc(C#N)cc2)n[nH]c1=O. The molecule has 0 spiro atoms. The summed E-state index contributed by atoms with van der Waals surface area (Å²) in [7, 11) is -1.86. The number of H-pyrrole nitrogens is 1. The molecule has 1 N–H and O–H groups in total. The summed E-state index contributed by atoms with van der Waals surface area (Å²) in [6.07, 6.45) is 0. The van der Waals surface area contributed by atoms with Gasteiger partial charge in [-0.1, -0.05) is 11.8 Å². The lowest BCUT2D eigenvalue weighted by Crippen LogP contribution is -2.13.